The lowest BCUT2D eigenvalue weighted by atomic mass is 9.89. The molecule has 0 heterocycles. The molecule has 2 rings (SSSR count). The first-order chi connectivity index (χ1) is 16.4. The Morgan fingerprint density at radius 3 is 2.66 bits per heavy atom. The van der Waals surface area contributed by atoms with Gasteiger partial charge in [-0.1, -0.05) is 18.2 Å². The molecular weight excluding hydrogens is 465 g/mol. The van der Waals surface area contributed by atoms with Crippen molar-refractivity contribution in [1.29, 1.82) is 0 Å². The van der Waals surface area contributed by atoms with Crippen LogP contribution in [0.15, 0.2) is 54.3 Å². The lowest BCUT2D eigenvalue weighted by Crippen LogP contribution is -2.31. The van der Waals surface area contributed by atoms with E-state index in [1.807, 2.05) is 0 Å². The van der Waals surface area contributed by atoms with Crippen molar-refractivity contribution in [3.8, 4) is 5.75 Å². The molecule has 1 aliphatic rings. The van der Waals surface area contributed by atoms with Gasteiger partial charge < -0.3 is 24.8 Å². The maximum absolute atomic E-state index is 12.9. The summed E-state index contributed by atoms with van der Waals surface area (Å²) in [5.41, 5.74) is 0.601. The number of hydrogen-bond acceptors (Lipinski definition) is 6. The van der Waals surface area contributed by atoms with Crippen LogP contribution >= 0.6 is 0 Å². The average Bonchev–Trinajstić information content (AvgIpc) is 3.05. The summed E-state index contributed by atoms with van der Waals surface area (Å²) >= 11 is 0. The number of allylic oxidation sites excluding steroid dienone is 1. The molecule has 0 spiro atoms. The Morgan fingerprint density at radius 1 is 1.23 bits per heavy atom. The minimum atomic E-state index is -4.50. The van der Waals surface area contributed by atoms with Crippen LogP contribution in [0.1, 0.15) is 45.1 Å². The fraction of sp³-hybridized carbons (Fsp3) is 0.538. The molecule has 1 aliphatic carbocycles. The third kappa shape index (κ3) is 9.53. The summed E-state index contributed by atoms with van der Waals surface area (Å²) in [5, 5.41) is 31.3. The van der Waals surface area contributed by atoms with Crippen LogP contribution in [0, 0.1) is 11.8 Å². The number of rotatable bonds is 11. The Kier molecular flexibility index (Phi) is 10.6. The predicted octanol–water partition coefficient (Wildman–Crippen LogP) is 4.19. The summed E-state index contributed by atoms with van der Waals surface area (Å²) in [6.45, 7) is 3.21. The zero-order valence-corrected chi connectivity index (χ0v) is 19.9. The summed E-state index contributed by atoms with van der Waals surface area (Å²) in [4.78, 5) is 11.3. The number of carbonyl (C=O) groups is 1. The number of carbonyl (C=O) groups excluding carboxylic acids is 1. The maximum Gasteiger partial charge on any atom is 0.416 e. The Balaban J connectivity index is 1.95. The monoisotopic (exact) mass is 498 g/mol. The molecule has 0 radical (unpaired) electrons. The van der Waals surface area contributed by atoms with Gasteiger partial charge in [-0.25, -0.2) is 0 Å². The molecular formula is C26H33F3O6. The van der Waals surface area contributed by atoms with Crippen LogP contribution in [0.4, 0.5) is 13.2 Å². The van der Waals surface area contributed by atoms with E-state index in [1.54, 1.807) is 25.2 Å². The largest absolute Gasteiger partial charge is 0.490 e. The molecule has 3 N–H and O–H groups in total. The van der Waals surface area contributed by atoms with Crippen molar-refractivity contribution in [3.63, 3.8) is 0 Å². The van der Waals surface area contributed by atoms with E-state index in [9.17, 15) is 33.3 Å². The number of aliphatic hydroxyl groups excluding tert-OH is 2. The van der Waals surface area contributed by atoms with Gasteiger partial charge >= 0.3 is 12.1 Å². The Morgan fingerprint density at radius 2 is 1.97 bits per heavy atom. The van der Waals surface area contributed by atoms with Crippen LogP contribution < -0.4 is 4.74 Å². The molecule has 1 aromatic rings. The lowest BCUT2D eigenvalue weighted by molar-refractivity contribution is -0.143. The van der Waals surface area contributed by atoms with Crippen LogP contribution in [0.3, 0.4) is 0 Å². The van der Waals surface area contributed by atoms with E-state index in [-0.39, 0.29) is 37.1 Å². The molecule has 1 aromatic carbocycles. The summed E-state index contributed by atoms with van der Waals surface area (Å²) in [7, 11) is 0. The van der Waals surface area contributed by atoms with E-state index in [1.165, 1.54) is 25.1 Å². The molecule has 194 valence electrons. The molecule has 0 amide bonds. The molecule has 0 saturated heterocycles. The molecule has 6 nitrogen and oxygen atoms in total. The van der Waals surface area contributed by atoms with Crippen molar-refractivity contribution in [3.05, 3.63) is 59.9 Å². The van der Waals surface area contributed by atoms with Crippen LogP contribution in [0.2, 0.25) is 0 Å². The molecule has 0 aromatic heterocycles. The van der Waals surface area contributed by atoms with Crippen LogP contribution in [-0.2, 0) is 15.7 Å². The Labute approximate surface area is 203 Å². The number of ether oxygens (including phenoxy) is 2. The molecule has 1 unspecified atom stereocenters. The van der Waals surface area contributed by atoms with E-state index in [0.29, 0.717) is 19.4 Å². The van der Waals surface area contributed by atoms with Gasteiger partial charge in [0.1, 0.15) is 18.0 Å². The van der Waals surface area contributed by atoms with Crippen LogP contribution in [0.25, 0.3) is 0 Å². The van der Waals surface area contributed by atoms with Crippen molar-refractivity contribution in [2.75, 3.05) is 13.2 Å². The third-order valence-corrected chi connectivity index (χ3v) is 5.71. The fourth-order valence-electron chi connectivity index (χ4n) is 3.86. The average molecular weight is 499 g/mol. The number of hydrogen-bond donors (Lipinski definition) is 3. The van der Waals surface area contributed by atoms with Gasteiger partial charge in [0.15, 0.2) is 0 Å². The van der Waals surface area contributed by atoms with Crippen molar-refractivity contribution in [1.82, 2.24) is 0 Å². The fourth-order valence-corrected chi connectivity index (χ4v) is 3.86. The highest BCUT2D eigenvalue weighted by molar-refractivity contribution is 5.69. The Hall–Kier alpha value is -2.58. The van der Waals surface area contributed by atoms with Gasteiger partial charge in [0, 0.05) is 18.8 Å². The Bertz CT molecular complexity index is 918. The number of alkyl halides is 3. The first-order valence-corrected chi connectivity index (χ1v) is 11.6. The van der Waals surface area contributed by atoms with Gasteiger partial charge in [-0.05, 0) is 63.0 Å². The minimum absolute atomic E-state index is 0.0254. The summed E-state index contributed by atoms with van der Waals surface area (Å²) in [5.74, 6) is -1.06. The van der Waals surface area contributed by atoms with E-state index in [2.05, 4.69) is 5.73 Å². The van der Waals surface area contributed by atoms with Crippen molar-refractivity contribution in [2.45, 2.75) is 63.5 Å². The highest BCUT2D eigenvalue weighted by Gasteiger charge is 2.40. The molecule has 9 heteroatoms. The first-order valence-electron chi connectivity index (χ1n) is 11.6. The molecule has 0 aliphatic heterocycles. The second-order valence-corrected chi connectivity index (χ2v) is 8.80. The highest BCUT2D eigenvalue weighted by atomic mass is 19.4. The highest BCUT2D eigenvalue weighted by Crippen LogP contribution is 2.37. The van der Waals surface area contributed by atoms with Gasteiger partial charge in [0.25, 0.3) is 0 Å². The number of halogens is 3. The SMILES string of the molecule is CCOC(=O)CCC=C=CC[C@@H]1[C@@H](C=CC(C)(O)COc2cccc(C(F)(F)F)c2)[C@H](O)C[C@@H]1O. The van der Waals surface area contributed by atoms with Crippen LogP contribution in [0.5, 0.6) is 5.75 Å². The standard InChI is InChI=1S/C26H33F3O6/c1-3-34-24(32)12-7-5-4-6-11-20-21(23(31)16-22(20)30)13-14-25(2,33)17-35-19-10-8-9-18(15-19)26(27,28)29/h5-6,8-10,13-15,20-23,30-31,33H,3,7,11-12,16-17H2,1-2H3/t4?,20-,21-,22+,23-,25?/m1/s1. The van der Waals surface area contributed by atoms with Gasteiger partial charge in [-0.2, -0.15) is 13.2 Å². The second-order valence-electron chi connectivity index (χ2n) is 8.80. The van der Waals surface area contributed by atoms with Gasteiger partial charge in [-0.3, -0.25) is 4.79 Å². The first kappa shape index (κ1) is 28.7. The number of esters is 1. The number of aliphatic hydroxyl groups is 3. The van der Waals surface area contributed by atoms with Crippen LogP contribution in [-0.4, -0.2) is 52.3 Å². The van der Waals surface area contributed by atoms with Crippen molar-refractivity contribution < 1.29 is 42.8 Å². The van der Waals surface area contributed by atoms with Gasteiger partial charge in [-0.15, -0.1) is 5.73 Å². The number of benzene rings is 1. The zero-order valence-electron chi connectivity index (χ0n) is 19.9. The molecule has 0 bridgehead atoms. The minimum Gasteiger partial charge on any atom is -0.490 e. The summed E-state index contributed by atoms with van der Waals surface area (Å²) in [6.07, 6.45) is 1.75. The van der Waals surface area contributed by atoms with E-state index >= 15 is 0 Å². The van der Waals surface area contributed by atoms with E-state index < -0.39 is 35.5 Å². The van der Waals surface area contributed by atoms with E-state index in [4.69, 9.17) is 9.47 Å². The second kappa shape index (κ2) is 12.9. The predicted molar refractivity (Wildman–Crippen MR) is 123 cm³/mol. The zero-order chi connectivity index (χ0) is 26.1. The summed E-state index contributed by atoms with van der Waals surface area (Å²) < 4.78 is 48.8. The molecule has 35 heavy (non-hydrogen) atoms. The molecule has 5 atom stereocenters. The normalized spacial score (nSPS) is 24.0. The third-order valence-electron chi connectivity index (χ3n) is 5.71. The van der Waals surface area contributed by atoms with Crippen molar-refractivity contribution >= 4 is 5.97 Å². The van der Waals surface area contributed by atoms with Gasteiger partial charge in [0.05, 0.1) is 24.4 Å². The maximum atomic E-state index is 12.9. The lowest BCUT2D eigenvalue weighted by Gasteiger charge is -2.23. The summed E-state index contributed by atoms with van der Waals surface area (Å²) in [6, 6.07) is 4.39. The smallest absolute Gasteiger partial charge is 0.416 e. The van der Waals surface area contributed by atoms with Crippen molar-refractivity contribution in [2.24, 2.45) is 11.8 Å². The molecule has 1 fully saturated rings. The van der Waals surface area contributed by atoms with E-state index in [0.717, 1.165) is 12.1 Å². The van der Waals surface area contributed by atoms with Gasteiger partial charge in [0.2, 0.25) is 0 Å². The molecule has 1 saturated carbocycles. The topological polar surface area (TPSA) is 96.2 Å². The quantitative estimate of drug-likeness (QED) is 0.241.